The van der Waals surface area contributed by atoms with Crippen LogP contribution in [0.5, 0.6) is 5.75 Å². The maximum Gasteiger partial charge on any atom is 0.254 e. The molecule has 3 fully saturated rings. The van der Waals surface area contributed by atoms with Gasteiger partial charge in [-0.25, -0.2) is 0 Å². The van der Waals surface area contributed by atoms with Crippen LogP contribution in [0, 0.1) is 0 Å². The number of hydrogen-bond acceptors (Lipinski definition) is 5. The minimum absolute atomic E-state index is 0.0138. The Morgan fingerprint density at radius 2 is 1.89 bits per heavy atom. The molecule has 3 amide bonds. The number of carbonyl (C=O) groups is 3. The maximum absolute atomic E-state index is 13.1. The van der Waals surface area contributed by atoms with Gasteiger partial charge in [0.05, 0.1) is 12.0 Å². The van der Waals surface area contributed by atoms with E-state index >= 15 is 0 Å². The first-order valence-electron chi connectivity index (χ1n) is 9.61. The molecule has 0 aliphatic carbocycles. The van der Waals surface area contributed by atoms with Crippen molar-refractivity contribution >= 4 is 29.5 Å². The fraction of sp³-hybridized carbons (Fsp3) is 0.550. The van der Waals surface area contributed by atoms with Crippen molar-refractivity contribution in [3.8, 4) is 5.75 Å². The van der Waals surface area contributed by atoms with Gasteiger partial charge in [0, 0.05) is 43.9 Å². The van der Waals surface area contributed by atoms with Crippen molar-refractivity contribution in [2.24, 2.45) is 0 Å². The smallest absolute Gasteiger partial charge is 0.254 e. The Morgan fingerprint density at radius 3 is 2.61 bits per heavy atom. The van der Waals surface area contributed by atoms with Gasteiger partial charge in [-0.2, -0.15) is 0 Å². The van der Waals surface area contributed by atoms with Crippen LogP contribution >= 0.6 is 11.8 Å². The summed E-state index contributed by atoms with van der Waals surface area (Å²) in [5.74, 6) is 1.35. The summed E-state index contributed by atoms with van der Waals surface area (Å²) in [5, 5.41) is 0. The SMILES string of the molecule is COc1cccc(C(=O)N2CCN(C(=O)[C@@H]3CS[C@]4(C)CCC(=O)N34)CC2)c1. The number of hydrogen-bond donors (Lipinski definition) is 0. The van der Waals surface area contributed by atoms with E-state index in [1.54, 1.807) is 57.8 Å². The average molecular weight is 404 g/mol. The normalized spacial score (nSPS) is 27.1. The van der Waals surface area contributed by atoms with Crippen molar-refractivity contribution in [1.29, 1.82) is 0 Å². The number of ether oxygens (including phenoxy) is 1. The molecule has 0 unspecified atom stereocenters. The summed E-state index contributed by atoms with van der Waals surface area (Å²) >= 11 is 1.71. The number of thioether (sulfide) groups is 1. The van der Waals surface area contributed by atoms with Gasteiger partial charge in [0.2, 0.25) is 11.8 Å². The predicted octanol–water partition coefficient (Wildman–Crippen LogP) is 1.43. The first kappa shape index (κ1) is 19.1. The van der Waals surface area contributed by atoms with Gasteiger partial charge in [0.1, 0.15) is 11.8 Å². The Hall–Kier alpha value is -2.22. The number of methoxy groups -OCH3 is 1. The third-order valence-corrected chi connectivity index (χ3v) is 7.43. The van der Waals surface area contributed by atoms with Crippen LogP contribution in [0.25, 0.3) is 0 Å². The van der Waals surface area contributed by atoms with Gasteiger partial charge >= 0.3 is 0 Å². The van der Waals surface area contributed by atoms with Crippen LogP contribution in [0.15, 0.2) is 24.3 Å². The second kappa shape index (κ2) is 7.31. The fourth-order valence-electron chi connectivity index (χ4n) is 4.28. The van der Waals surface area contributed by atoms with Crippen LogP contribution < -0.4 is 4.74 Å². The highest BCUT2D eigenvalue weighted by molar-refractivity contribution is 8.01. The molecule has 0 bridgehead atoms. The molecule has 3 saturated heterocycles. The molecular formula is C20H25N3O4S. The van der Waals surface area contributed by atoms with Gasteiger partial charge in [0.15, 0.2) is 0 Å². The average Bonchev–Trinajstić information content (AvgIpc) is 3.22. The van der Waals surface area contributed by atoms with Gasteiger partial charge in [-0.3, -0.25) is 14.4 Å². The number of nitrogens with zero attached hydrogens (tertiary/aromatic N) is 3. The highest BCUT2D eigenvalue weighted by atomic mass is 32.2. The molecule has 3 aliphatic heterocycles. The Bertz CT molecular complexity index is 808. The molecular weight excluding hydrogens is 378 g/mol. The van der Waals surface area contributed by atoms with E-state index in [2.05, 4.69) is 6.92 Å². The van der Waals surface area contributed by atoms with E-state index in [4.69, 9.17) is 4.74 Å². The molecule has 2 atom stereocenters. The van der Waals surface area contributed by atoms with Gasteiger partial charge in [-0.1, -0.05) is 6.07 Å². The van der Waals surface area contributed by atoms with Gasteiger partial charge in [-0.15, -0.1) is 11.8 Å². The Labute approximate surface area is 169 Å². The van der Waals surface area contributed by atoms with Crippen LogP contribution in [0.4, 0.5) is 0 Å². The van der Waals surface area contributed by atoms with E-state index in [0.717, 1.165) is 6.42 Å². The van der Waals surface area contributed by atoms with Crippen LogP contribution in [0.2, 0.25) is 0 Å². The van der Waals surface area contributed by atoms with Gasteiger partial charge in [0.25, 0.3) is 5.91 Å². The number of piperazine rings is 1. The number of fused-ring (bicyclic) bond motifs is 1. The summed E-state index contributed by atoms with van der Waals surface area (Å²) in [6.07, 6.45) is 1.33. The highest BCUT2D eigenvalue weighted by Crippen LogP contribution is 2.47. The molecule has 150 valence electrons. The quantitative estimate of drug-likeness (QED) is 0.764. The second-order valence-corrected chi connectivity index (χ2v) is 9.12. The molecule has 0 radical (unpaired) electrons. The summed E-state index contributed by atoms with van der Waals surface area (Å²) < 4.78 is 5.19. The first-order chi connectivity index (χ1) is 13.4. The zero-order chi connectivity index (χ0) is 19.9. The Balaban J connectivity index is 1.38. The zero-order valence-corrected chi connectivity index (χ0v) is 17.0. The summed E-state index contributed by atoms with van der Waals surface area (Å²) in [7, 11) is 1.57. The van der Waals surface area contributed by atoms with Crippen molar-refractivity contribution in [3.05, 3.63) is 29.8 Å². The molecule has 0 spiro atoms. The summed E-state index contributed by atoms with van der Waals surface area (Å²) in [4.78, 5) is 43.2. The summed E-state index contributed by atoms with van der Waals surface area (Å²) in [5.41, 5.74) is 0.588. The van der Waals surface area contributed by atoms with E-state index in [1.165, 1.54) is 0 Å². The molecule has 28 heavy (non-hydrogen) atoms. The lowest BCUT2D eigenvalue weighted by atomic mass is 10.1. The molecule has 8 heteroatoms. The third-order valence-electron chi connectivity index (χ3n) is 5.93. The van der Waals surface area contributed by atoms with Crippen LogP contribution in [-0.4, -0.2) is 82.4 Å². The van der Waals surface area contributed by atoms with Crippen LogP contribution in [0.3, 0.4) is 0 Å². The number of rotatable bonds is 3. The largest absolute Gasteiger partial charge is 0.497 e. The molecule has 1 aromatic rings. The molecule has 4 rings (SSSR count). The minimum Gasteiger partial charge on any atom is -0.497 e. The molecule has 1 aromatic carbocycles. The molecule has 0 N–H and O–H groups in total. The number of amides is 3. The van der Waals surface area contributed by atoms with Crippen molar-refractivity contribution in [1.82, 2.24) is 14.7 Å². The monoisotopic (exact) mass is 403 g/mol. The topological polar surface area (TPSA) is 70.2 Å². The van der Waals surface area contributed by atoms with E-state index in [9.17, 15) is 14.4 Å². The maximum atomic E-state index is 13.1. The number of benzene rings is 1. The molecule has 0 saturated carbocycles. The van der Waals surface area contributed by atoms with Crippen molar-refractivity contribution in [2.75, 3.05) is 39.0 Å². The number of carbonyl (C=O) groups excluding carboxylic acids is 3. The van der Waals surface area contributed by atoms with Gasteiger partial charge < -0.3 is 19.4 Å². The standard InChI is InChI=1S/C20H25N3O4S/c1-20-7-6-17(24)23(20)16(13-28-20)19(26)22-10-8-21(9-11-22)18(25)14-4-3-5-15(12-14)27-2/h3-5,12,16H,6-11,13H2,1-2H3/t16-,20+/m0/s1. The fourth-order valence-corrected chi connectivity index (χ4v) is 5.71. The lowest BCUT2D eigenvalue weighted by Crippen LogP contribution is -2.56. The van der Waals surface area contributed by atoms with E-state index in [1.807, 2.05) is 0 Å². The lowest BCUT2D eigenvalue weighted by Gasteiger charge is -2.38. The van der Waals surface area contributed by atoms with Crippen LogP contribution in [-0.2, 0) is 9.59 Å². The zero-order valence-electron chi connectivity index (χ0n) is 16.2. The van der Waals surface area contributed by atoms with Crippen molar-refractivity contribution in [3.63, 3.8) is 0 Å². The van der Waals surface area contributed by atoms with Gasteiger partial charge in [-0.05, 0) is 31.5 Å². The first-order valence-corrected chi connectivity index (χ1v) is 10.6. The Morgan fingerprint density at radius 1 is 1.18 bits per heavy atom. The van der Waals surface area contributed by atoms with E-state index in [-0.39, 0.29) is 28.6 Å². The molecule has 3 heterocycles. The van der Waals surface area contributed by atoms with E-state index in [0.29, 0.717) is 49.7 Å². The third kappa shape index (κ3) is 3.23. The van der Waals surface area contributed by atoms with Crippen LogP contribution in [0.1, 0.15) is 30.1 Å². The summed E-state index contributed by atoms with van der Waals surface area (Å²) in [6, 6.07) is 6.74. The Kier molecular flexibility index (Phi) is 4.99. The highest BCUT2D eigenvalue weighted by Gasteiger charge is 2.53. The second-order valence-electron chi connectivity index (χ2n) is 7.62. The summed E-state index contributed by atoms with van der Waals surface area (Å²) in [6.45, 7) is 4.03. The lowest BCUT2D eigenvalue weighted by molar-refractivity contribution is -0.144. The predicted molar refractivity (Wildman–Crippen MR) is 106 cm³/mol. The molecule has 0 aromatic heterocycles. The van der Waals surface area contributed by atoms with Crippen molar-refractivity contribution < 1.29 is 19.1 Å². The molecule has 3 aliphatic rings. The molecule has 7 nitrogen and oxygen atoms in total. The minimum atomic E-state index is -0.370. The van der Waals surface area contributed by atoms with Crippen molar-refractivity contribution in [2.45, 2.75) is 30.7 Å². The van der Waals surface area contributed by atoms with E-state index < -0.39 is 0 Å².